The molecule has 2 heteroatoms. The molecule has 0 aliphatic carbocycles. The van der Waals surface area contributed by atoms with Crippen molar-refractivity contribution >= 4 is 26.5 Å². The summed E-state index contributed by atoms with van der Waals surface area (Å²) in [6.07, 6.45) is 0. The Hall–Kier alpha value is -0.606. The summed E-state index contributed by atoms with van der Waals surface area (Å²) in [6.45, 7) is 15.1. The molecule has 0 radical (unpaired) electrons. The van der Waals surface area contributed by atoms with E-state index in [1.54, 1.807) is 0 Å². The van der Waals surface area contributed by atoms with Crippen LogP contribution in [0.2, 0.25) is 26.2 Å². The lowest BCUT2D eigenvalue weighted by molar-refractivity contribution is 0.591. The second-order valence-electron chi connectivity index (χ2n) is 7.53. The lowest BCUT2D eigenvalue weighted by Gasteiger charge is -2.36. The van der Waals surface area contributed by atoms with Crippen molar-refractivity contribution in [1.29, 1.82) is 0 Å². The van der Waals surface area contributed by atoms with Crippen LogP contribution in [-0.2, 0) is 5.41 Å². The summed E-state index contributed by atoms with van der Waals surface area (Å²) in [6, 6.07) is 1.19. The van der Waals surface area contributed by atoms with Gasteiger partial charge in [-0.1, -0.05) is 86.9 Å². The highest BCUT2D eigenvalue weighted by Crippen LogP contribution is 2.24. The van der Waals surface area contributed by atoms with Crippen molar-refractivity contribution in [2.75, 3.05) is 0 Å². The van der Waals surface area contributed by atoms with E-state index in [2.05, 4.69) is 37.6 Å². The van der Waals surface area contributed by atoms with Gasteiger partial charge in [0.25, 0.3) is 0 Å². The molecule has 0 unspecified atom stereocenters. The van der Waals surface area contributed by atoms with E-state index in [4.69, 9.17) is 4.11 Å². The smallest absolute Gasteiger partial charge is 0.0978 e. The second kappa shape index (κ2) is 3.94. The van der Waals surface area contributed by atoms with Crippen LogP contribution in [0.5, 0.6) is 0 Å². The molecule has 0 amide bonds. The Balaban J connectivity index is 3.00. The fourth-order valence-electron chi connectivity index (χ4n) is 2.33. The lowest BCUT2D eigenvalue weighted by atomic mass is 9.87. The third-order valence-corrected chi connectivity index (χ3v) is 9.68. The molecule has 0 nitrogen and oxygen atoms in total. The van der Waals surface area contributed by atoms with Crippen molar-refractivity contribution < 1.29 is 4.11 Å². The summed E-state index contributed by atoms with van der Waals surface area (Å²) in [5.41, 5.74) is 5.13. The Kier molecular flexibility index (Phi) is 2.24. The summed E-state index contributed by atoms with van der Waals surface area (Å²) in [5.74, 6) is 0. The van der Waals surface area contributed by atoms with Crippen LogP contribution < -0.4 is 10.4 Å². The Morgan fingerprint density at radius 3 is 1.89 bits per heavy atom. The average molecular weight is 278 g/mol. The normalized spacial score (nSPS) is 22.9. The standard InChI is InChI=1S/C16H26Si2/c1-16(2,3)13-8-9-14-15(12-13)18(6,7)11-10-17(14,4)5/h8-12H,1-7H3/i8D,9D,12D. The van der Waals surface area contributed by atoms with Gasteiger partial charge in [0.2, 0.25) is 0 Å². The number of fused-ring (bicyclic) bond motifs is 1. The molecular formula is C16H26Si2. The second-order valence-corrected chi connectivity index (χ2v) is 16.1. The van der Waals surface area contributed by atoms with Gasteiger partial charge in [-0.25, -0.2) is 0 Å². The first-order valence-electron chi connectivity index (χ1n) is 8.16. The molecule has 0 atom stereocenters. The van der Waals surface area contributed by atoms with Gasteiger partial charge in [0.15, 0.2) is 0 Å². The average Bonchev–Trinajstić information content (AvgIpc) is 2.28. The molecule has 0 saturated heterocycles. The lowest BCUT2D eigenvalue weighted by Crippen LogP contribution is -2.61. The predicted molar refractivity (Wildman–Crippen MR) is 88.5 cm³/mol. The fourth-order valence-corrected chi connectivity index (χ4v) is 10.2. The quantitative estimate of drug-likeness (QED) is 0.637. The summed E-state index contributed by atoms with van der Waals surface area (Å²) in [7, 11) is -3.71. The van der Waals surface area contributed by atoms with E-state index < -0.39 is 16.1 Å². The first-order valence-corrected chi connectivity index (χ1v) is 12.8. The van der Waals surface area contributed by atoms with E-state index in [-0.39, 0.29) is 11.5 Å². The highest BCUT2D eigenvalue weighted by atomic mass is 28.3. The van der Waals surface area contributed by atoms with E-state index in [0.717, 1.165) is 15.9 Å². The number of hydrogen-bond acceptors (Lipinski definition) is 0. The van der Waals surface area contributed by atoms with E-state index in [0.29, 0.717) is 12.1 Å². The van der Waals surface area contributed by atoms with E-state index in [1.165, 1.54) is 0 Å². The molecule has 0 N–H and O–H groups in total. The van der Waals surface area contributed by atoms with Crippen LogP contribution >= 0.6 is 0 Å². The maximum atomic E-state index is 8.77. The highest BCUT2D eigenvalue weighted by Gasteiger charge is 2.35. The molecule has 1 aromatic carbocycles. The van der Waals surface area contributed by atoms with Crippen LogP contribution in [0.3, 0.4) is 0 Å². The van der Waals surface area contributed by atoms with E-state index in [1.807, 2.05) is 20.8 Å². The molecule has 1 aliphatic rings. The maximum Gasteiger partial charge on any atom is 0.103 e. The molecule has 0 aromatic heterocycles. The van der Waals surface area contributed by atoms with Crippen molar-refractivity contribution in [2.45, 2.75) is 52.4 Å². The third kappa shape index (κ3) is 2.28. The zero-order chi connectivity index (χ0) is 16.4. The van der Waals surface area contributed by atoms with Crippen LogP contribution in [-0.4, -0.2) is 16.1 Å². The first-order chi connectivity index (χ1) is 9.31. The largest absolute Gasteiger partial charge is 0.103 e. The molecule has 18 heavy (non-hydrogen) atoms. The van der Waals surface area contributed by atoms with Crippen molar-refractivity contribution in [2.24, 2.45) is 0 Å². The van der Waals surface area contributed by atoms with Gasteiger partial charge < -0.3 is 0 Å². The van der Waals surface area contributed by atoms with Crippen molar-refractivity contribution in [1.82, 2.24) is 0 Å². The topological polar surface area (TPSA) is 0 Å². The molecule has 1 heterocycles. The minimum absolute atomic E-state index is 0.268. The molecule has 0 saturated carbocycles. The minimum Gasteiger partial charge on any atom is -0.0978 e. The molecule has 0 bridgehead atoms. The predicted octanol–water partition coefficient (Wildman–Crippen LogP) is 3.46. The monoisotopic (exact) mass is 277 g/mol. The van der Waals surface area contributed by atoms with Gasteiger partial charge in [0, 0.05) is 0 Å². The molecule has 0 spiro atoms. The minimum atomic E-state index is -1.86. The van der Waals surface area contributed by atoms with Crippen molar-refractivity contribution in [3.8, 4) is 0 Å². The van der Waals surface area contributed by atoms with Crippen LogP contribution in [0.4, 0.5) is 0 Å². The zero-order valence-electron chi connectivity index (χ0n) is 15.7. The van der Waals surface area contributed by atoms with Crippen molar-refractivity contribution in [3.05, 3.63) is 35.1 Å². The maximum absolute atomic E-state index is 8.77. The van der Waals surface area contributed by atoms with E-state index in [9.17, 15) is 0 Å². The molecule has 1 aromatic rings. The van der Waals surface area contributed by atoms with Gasteiger partial charge in [-0.3, -0.25) is 0 Å². The van der Waals surface area contributed by atoms with Crippen LogP contribution in [0.15, 0.2) is 29.5 Å². The van der Waals surface area contributed by atoms with Gasteiger partial charge in [-0.15, -0.1) is 0 Å². The molecule has 1 aliphatic heterocycles. The Labute approximate surface area is 118 Å². The zero-order valence-corrected chi connectivity index (χ0v) is 14.7. The highest BCUT2D eigenvalue weighted by molar-refractivity contribution is 7.07. The first kappa shape index (κ1) is 10.2. The van der Waals surface area contributed by atoms with Crippen LogP contribution in [0.1, 0.15) is 30.4 Å². The number of hydrogen-bond donors (Lipinski definition) is 0. The Morgan fingerprint density at radius 1 is 0.889 bits per heavy atom. The molecule has 98 valence electrons. The third-order valence-electron chi connectivity index (χ3n) is 3.77. The Morgan fingerprint density at radius 2 is 1.39 bits per heavy atom. The summed E-state index contributed by atoms with van der Waals surface area (Å²) < 4.78 is 25.8. The molecule has 2 rings (SSSR count). The van der Waals surface area contributed by atoms with Gasteiger partial charge in [0.05, 0.1) is 4.11 Å². The molecular weight excluding hydrogens is 248 g/mol. The fraction of sp³-hybridized carbons (Fsp3) is 0.500. The summed E-state index contributed by atoms with van der Waals surface area (Å²) in [5, 5.41) is 2.16. The van der Waals surface area contributed by atoms with Crippen LogP contribution in [0.25, 0.3) is 0 Å². The SMILES string of the molecule is [2H]c1c([2H])c2c(c([2H])c1C(C)(C)C)[Si](C)(C)C=C[Si]2(C)C. The van der Waals surface area contributed by atoms with Gasteiger partial charge in [-0.2, -0.15) is 0 Å². The van der Waals surface area contributed by atoms with Gasteiger partial charge >= 0.3 is 0 Å². The van der Waals surface area contributed by atoms with Gasteiger partial charge in [0.1, 0.15) is 16.1 Å². The summed E-state index contributed by atoms with van der Waals surface area (Å²) >= 11 is 0. The van der Waals surface area contributed by atoms with E-state index >= 15 is 0 Å². The number of rotatable bonds is 0. The number of benzene rings is 1. The summed E-state index contributed by atoms with van der Waals surface area (Å²) in [4.78, 5) is 0. The van der Waals surface area contributed by atoms with Gasteiger partial charge in [-0.05, 0) is 11.0 Å². The Bertz CT molecular complexity index is 638. The molecule has 0 fully saturated rings. The van der Waals surface area contributed by atoms with Crippen molar-refractivity contribution in [3.63, 3.8) is 0 Å². The van der Waals surface area contributed by atoms with Crippen LogP contribution in [0, 0.1) is 0 Å².